The van der Waals surface area contributed by atoms with Crippen molar-refractivity contribution in [2.45, 2.75) is 26.1 Å². The summed E-state index contributed by atoms with van der Waals surface area (Å²) in [5.74, 6) is -1.22. The smallest absolute Gasteiger partial charge is 0.195 e. The molecule has 2 rings (SSSR count). The van der Waals surface area contributed by atoms with Crippen molar-refractivity contribution in [3.63, 3.8) is 0 Å². The van der Waals surface area contributed by atoms with Gasteiger partial charge in [-0.2, -0.15) is 0 Å². The van der Waals surface area contributed by atoms with Crippen LogP contribution in [0, 0.1) is 0 Å². The molecule has 0 spiro atoms. The van der Waals surface area contributed by atoms with Crippen LogP contribution in [0.15, 0.2) is 48.1 Å². The lowest BCUT2D eigenvalue weighted by Gasteiger charge is -2.32. The van der Waals surface area contributed by atoms with Crippen molar-refractivity contribution in [2.75, 3.05) is 13.2 Å². The molecule has 0 atom stereocenters. The van der Waals surface area contributed by atoms with Gasteiger partial charge < -0.3 is 14.6 Å². The number of aliphatic hydroxyl groups excluding tert-OH is 1. The summed E-state index contributed by atoms with van der Waals surface area (Å²) in [7, 11) is 0. The number of ketones is 1. The second kappa shape index (κ2) is 6.70. The van der Waals surface area contributed by atoms with Crippen LogP contribution in [-0.2, 0) is 14.3 Å². The maximum atomic E-state index is 12.3. The first-order chi connectivity index (χ1) is 10.1. The average molecular weight is 288 g/mol. The molecule has 1 aromatic rings. The van der Waals surface area contributed by atoms with Gasteiger partial charge in [0, 0.05) is 18.8 Å². The molecule has 1 aromatic carbocycles. The predicted molar refractivity (Wildman–Crippen MR) is 80.7 cm³/mol. The molecular weight excluding hydrogens is 268 g/mol. The number of allylic oxidation sites excluding steroid dienone is 2. The van der Waals surface area contributed by atoms with Crippen LogP contribution in [0.3, 0.4) is 0 Å². The van der Waals surface area contributed by atoms with Crippen LogP contribution >= 0.6 is 0 Å². The van der Waals surface area contributed by atoms with Crippen LogP contribution in [0.5, 0.6) is 0 Å². The van der Waals surface area contributed by atoms with E-state index in [1.807, 2.05) is 32.0 Å². The van der Waals surface area contributed by atoms with Crippen LogP contribution in [0.1, 0.15) is 25.8 Å². The minimum Gasteiger partial charge on any atom is -0.507 e. The molecule has 0 aliphatic heterocycles. The van der Waals surface area contributed by atoms with Crippen molar-refractivity contribution in [1.82, 2.24) is 0 Å². The van der Waals surface area contributed by atoms with E-state index in [1.165, 1.54) is 0 Å². The van der Waals surface area contributed by atoms with Gasteiger partial charge in [0.1, 0.15) is 5.76 Å². The van der Waals surface area contributed by atoms with Crippen LogP contribution in [0.25, 0.3) is 5.76 Å². The van der Waals surface area contributed by atoms with E-state index in [1.54, 1.807) is 24.3 Å². The van der Waals surface area contributed by atoms with Gasteiger partial charge in [-0.3, -0.25) is 4.79 Å². The van der Waals surface area contributed by atoms with Gasteiger partial charge in [-0.1, -0.05) is 30.3 Å². The Hall–Kier alpha value is -1.91. The number of ether oxygens (including phenoxy) is 2. The molecule has 21 heavy (non-hydrogen) atoms. The van der Waals surface area contributed by atoms with Gasteiger partial charge in [-0.25, -0.2) is 0 Å². The number of hydrogen-bond acceptors (Lipinski definition) is 4. The maximum absolute atomic E-state index is 12.3. The Morgan fingerprint density at radius 2 is 1.81 bits per heavy atom. The molecule has 4 nitrogen and oxygen atoms in total. The molecule has 0 saturated heterocycles. The molecule has 1 aliphatic carbocycles. The first kappa shape index (κ1) is 15.5. The van der Waals surface area contributed by atoms with Crippen molar-refractivity contribution in [1.29, 1.82) is 0 Å². The third kappa shape index (κ3) is 3.40. The van der Waals surface area contributed by atoms with Crippen molar-refractivity contribution >= 4 is 11.5 Å². The van der Waals surface area contributed by atoms with E-state index in [4.69, 9.17) is 9.47 Å². The molecule has 4 heteroatoms. The molecule has 0 aromatic heterocycles. The molecule has 0 heterocycles. The number of carbonyl (C=O) groups is 1. The van der Waals surface area contributed by atoms with E-state index in [9.17, 15) is 9.90 Å². The van der Waals surface area contributed by atoms with Gasteiger partial charge >= 0.3 is 0 Å². The molecule has 112 valence electrons. The van der Waals surface area contributed by atoms with Crippen LogP contribution < -0.4 is 0 Å². The lowest BCUT2D eigenvalue weighted by atomic mass is 9.93. The Bertz CT molecular complexity index is 551. The second-order valence-corrected chi connectivity index (χ2v) is 4.74. The summed E-state index contributed by atoms with van der Waals surface area (Å²) in [6.07, 6.45) is 3.35. The lowest BCUT2D eigenvalue weighted by Crippen LogP contribution is -2.39. The fourth-order valence-electron chi connectivity index (χ4n) is 2.37. The first-order valence-corrected chi connectivity index (χ1v) is 7.11. The van der Waals surface area contributed by atoms with E-state index >= 15 is 0 Å². The molecule has 1 aliphatic rings. The van der Waals surface area contributed by atoms with E-state index in [0.717, 1.165) is 0 Å². The summed E-state index contributed by atoms with van der Waals surface area (Å²) in [6.45, 7) is 4.60. The highest BCUT2D eigenvalue weighted by Gasteiger charge is 2.36. The standard InChI is InChI=1S/C17H20O4/c1-3-20-17(21-4-2)11-10-14(15(18)12-17)16(19)13-8-6-5-7-9-13/h5-11,19H,3-4,12H2,1-2H3. The number of Topliss-reactive ketones (excluding diaryl/α,β-unsaturated/α-hetero) is 1. The summed E-state index contributed by atoms with van der Waals surface area (Å²) in [5.41, 5.74) is 0.905. The normalized spacial score (nSPS) is 19.6. The molecule has 0 radical (unpaired) electrons. The van der Waals surface area contributed by atoms with E-state index < -0.39 is 5.79 Å². The Balaban J connectivity index is 2.35. The third-order valence-electron chi connectivity index (χ3n) is 3.29. The SMILES string of the molecule is CCOC1(OCC)C=CC(=C(O)c2ccccc2)C(=O)C1. The topological polar surface area (TPSA) is 55.8 Å². The van der Waals surface area contributed by atoms with Crippen molar-refractivity contribution in [3.05, 3.63) is 53.6 Å². The fourth-order valence-corrected chi connectivity index (χ4v) is 2.37. The maximum Gasteiger partial charge on any atom is 0.195 e. The van der Waals surface area contributed by atoms with Gasteiger partial charge in [0.25, 0.3) is 0 Å². The zero-order chi connectivity index (χ0) is 15.3. The first-order valence-electron chi connectivity index (χ1n) is 7.11. The highest BCUT2D eigenvalue weighted by molar-refractivity contribution is 6.05. The Morgan fingerprint density at radius 1 is 1.19 bits per heavy atom. The minimum atomic E-state index is -1.01. The number of benzene rings is 1. The number of hydrogen-bond donors (Lipinski definition) is 1. The number of aliphatic hydroxyl groups is 1. The highest BCUT2D eigenvalue weighted by Crippen LogP contribution is 2.30. The highest BCUT2D eigenvalue weighted by atomic mass is 16.7. The zero-order valence-electron chi connectivity index (χ0n) is 12.3. The van der Waals surface area contributed by atoms with Crippen molar-refractivity contribution < 1.29 is 19.4 Å². The number of rotatable bonds is 5. The second-order valence-electron chi connectivity index (χ2n) is 4.74. The summed E-state index contributed by atoms with van der Waals surface area (Å²) >= 11 is 0. The Kier molecular flexibility index (Phi) is 4.94. The molecule has 1 N–H and O–H groups in total. The zero-order valence-corrected chi connectivity index (χ0v) is 12.3. The van der Waals surface area contributed by atoms with E-state index in [-0.39, 0.29) is 23.5 Å². The summed E-state index contributed by atoms with van der Waals surface area (Å²) in [6, 6.07) is 9.00. The van der Waals surface area contributed by atoms with Gasteiger partial charge in [0.2, 0.25) is 0 Å². The number of carbonyl (C=O) groups excluding carboxylic acids is 1. The van der Waals surface area contributed by atoms with Crippen molar-refractivity contribution in [3.8, 4) is 0 Å². The Labute approximate surface area is 124 Å². The predicted octanol–water partition coefficient (Wildman–Crippen LogP) is 3.25. The molecule has 0 saturated carbocycles. The van der Waals surface area contributed by atoms with Crippen LogP contribution in [-0.4, -0.2) is 29.9 Å². The quantitative estimate of drug-likeness (QED) is 0.513. The van der Waals surface area contributed by atoms with Gasteiger partial charge in [-0.15, -0.1) is 0 Å². The minimum absolute atomic E-state index is 0.0153. The summed E-state index contributed by atoms with van der Waals surface area (Å²) in [4.78, 5) is 12.3. The fraction of sp³-hybridized carbons (Fsp3) is 0.353. The lowest BCUT2D eigenvalue weighted by molar-refractivity contribution is -0.203. The molecule has 0 amide bonds. The molecular formula is C17H20O4. The Morgan fingerprint density at radius 3 is 2.33 bits per heavy atom. The summed E-state index contributed by atoms with van der Waals surface area (Å²) in [5, 5.41) is 10.3. The van der Waals surface area contributed by atoms with Crippen LogP contribution in [0.4, 0.5) is 0 Å². The van der Waals surface area contributed by atoms with E-state index in [0.29, 0.717) is 18.8 Å². The molecule has 0 fully saturated rings. The van der Waals surface area contributed by atoms with Crippen molar-refractivity contribution in [2.24, 2.45) is 0 Å². The summed E-state index contributed by atoms with van der Waals surface area (Å²) < 4.78 is 11.2. The average Bonchev–Trinajstić information content (AvgIpc) is 2.48. The molecule has 0 unspecified atom stereocenters. The largest absolute Gasteiger partial charge is 0.507 e. The molecule has 0 bridgehead atoms. The third-order valence-corrected chi connectivity index (χ3v) is 3.29. The van der Waals surface area contributed by atoms with Crippen LogP contribution in [0.2, 0.25) is 0 Å². The van der Waals surface area contributed by atoms with Gasteiger partial charge in [0.15, 0.2) is 11.6 Å². The monoisotopic (exact) mass is 288 g/mol. The van der Waals surface area contributed by atoms with Gasteiger partial charge in [0.05, 0.1) is 12.0 Å². The van der Waals surface area contributed by atoms with Gasteiger partial charge in [-0.05, 0) is 26.0 Å². The van der Waals surface area contributed by atoms with E-state index in [2.05, 4.69) is 0 Å².